The molecule has 0 aliphatic heterocycles. The van der Waals surface area contributed by atoms with Crippen molar-refractivity contribution < 1.29 is 4.74 Å². The van der Waals surface area contributed by atoms with E-state index >= 15 is 0 Å². The average Bonchev–Trinajstić information content (AvgIpc) is 2.56. The lowest BCUT2D eigenvalue weighted by Gasteiger charge is -2.22. The summed E-state index contributed by atoms with van der Waals surface area (Å²) in [6.07, 6.45) is 6.97. The highest BCUT2D eigenvalue weighted by atomic mass is 16.5. The van der Waals surface area contributed by atoms with Crippen molar-refractivity contribution in [3.05, 3.63) is 0 Å². The predicted molar refractivity (Wildman–Crippen MR) is 51.0 cm³/mol. The van der Waals surface area contributed by atoms with Gasteiger partial charge in [0.1, 0.15) is 0 Å². The Morgan fingerprint density at radius 2 is 2.08 bits per heavy atom. The molecular formula is C10H21NO. The van der Waals surface area contributed by atoms with Crippen LogP contribution in [-0.4, -0.2) is 19.3 Å². The van der Waals surface area contributed by atoms with Crippen molar-refractivity contribution in [3.63, 3.8) is 0 Å². The first kappa shape index (κ1) is 10.0. The fourth-order valence-corrected chi connectivity index (χ4v) is 2.16. The van der Waals surface area contributed by atoms with Crippen LogP contribution in [0.25, 0.3) is 0 Å². The topological polar surface area (TPSA) is 35.2 Å². The third kappa shape index (κ3) is 2.76. The molecule has 0 spiro atoms. The van der Waals surface area contributed by atoms with Gasteiger partial charge in [-0.2, -0.15) is 0 Å². The molecule has 2 heteroatoms. The minimum atomic E-state index is 0.447. The van der Waals surface area contributed by atoms with E-state index in [1.165, 1.54) is 25.7 Å². The zero-order valence-corrected chi connectivity index (χ0v) is 8.09. The Balaban J connectivity index is 2.29. The second-order valence-electron chi connectivity index (χ2n) is 3.62. The number of ether oxygens (including phenoxy) is 1. The third-order valence-electron chi connectivity index (χ3n) is 2.76. The first-order chi connectivity index (χ1) is 5.88. The monoisotopic (exact) mass is 171 g/mol. The Hall–Kier alpha value is -0.0800. The van der Waals surface area contributed by atoms with E-state index in [0.29, 0.717) is 6.10 Å². The van der Waals surface area contributed by atoms with Crippen molar-refractivity contribution in [2.45, 2.75) is 45.1 Å². The molecular weight excluding hydrogens is 150 g/mol. The molecule has 2 nitrogen and oxygen atoms in total. The largest absolute Gasteiger partial charge is 0.378 e. The summed E-state index contributed by atoms with van der Waals surface area (Å²) in [5, 5.41) is 0. The smallest absolute Gasteiger partial charge is 0.0615 e. The molecule has 1 unspecified atom stereocenters. The molecule has 2 N–H and O–H groups in total. The molecule has 0 heterocycles. The van der Waals surface area contributed by atoms with Crippen molar-refractivity contribution in [3.8, 4) is 0 Å². The van der Waals surface area contributed by atoms with Crippen LogP contribution in [0, 0.1) is 5.92 Å². The Labute approximate surface area is 75.5 Å². The molecule has 0 saturated heterocycles. The van der Waals surface area contributed by atoms with Gasteiger partial charge in [0.25, 0.3) is 0 Å². The molecule has 0 aromatic rings. The van der Waals surface area contributed by atoms with Crippen LogP contribution in [0.1, 0.15) is 39.0 Å². The van der Waals surface area contributed by atoms with Crippen molar-refractivity contribution in [2.75, 3.05) is 13.2 Å². The summed E-state index contributed by atoms with van der Waals surface area (Å²) in [5.74, 6) is 0.800. The van der Waals surface area contributed by atoms with E-state index in [-0.39, 0.29) is 0 Å². The molecule has 1 saturated carbocycles. The highest BCUT2D eigenvalue weighted by Crippen LogP contribution is 2.30. The normalized spacial score (nSPS) is 21.5. The van der Waals surface area contributed by atoms with Gasteiger partial charge < -0.3 is 10.5 Å². The number of nitrogens with two attached hydrogens (primary N) is 1. The van der Waals surface area contributed by atoms with Gasteiger partial charge in [0.2, 0.25) is 0 Å². The first-order valence-electron chi connectivity index (χ1n) is 5.20. The molecule has 1 aliphatic rings. The third-order valence-corrected chi connectivity index (χ3v) is 2.76. The lowest BCUT2D eigenvalue weighted by atomic mass is 9.98. The molecule has 0 aromatic carbocycles. The maximum atomic E-state index is 5.69. The summed E-state index contributed by atoms with van der Waals surface area (Å²) in [7, 11) is 0. The molecule has 1 fully saturated rings. The molecule has 12 heavy (non-hydrogen) atoms. The highest BCUT2D eigenvalue weighted by Gasteiger charge is 2.24. The van der Waals surface area contributed by atoms with E-state index in [9.17, 15) is 0 Å². The SMILES string of the molecule is CCOC(CCN)C1CCCC1. The van der Waals surface area contributed by atoms with Gasteiger partial charge in [-0.15, -0.1) is 0 Å². The second kappa shape index (κ2) is 5.55. The molecule has 1 aliphatic carbocycles. The van der Waals surface area contributed by atoms with Gasteiger partial charge in [-0.05, 0) is 38.6 Å². The fraction of sp³-hybridized carbons (Fsp3) is 1.00. The van der Waals surface area contributed by atoms with Crippen LogP contribution in [-0.2, 0) is 4.74 Å². The van der Waals surface area contributed by atoms with Crippen molar-refractivity contribution >= 4 is 0 Å². The van der Waals surface area contributed by atoms with Crippen molar-refractivity contribution in [1.82, 2.24) is 0 Å². The lowest BCUT2D eigenvalue weighted by Crippen LogP contribution is -2.25. The van der Waals surface area contributed by atoms with E-state index in [1.54, 1.807) is 0 Å². The molecule has 72 valence electrons. The van der Waals surface area contributed by atoms with E-state index < -0.39 is 0 Å². The molecule has 0 radical (unpaired) electrons. The maximum absolute atomic E-state index is 5.69. The number of rotatable bonds is 5. The first-order valence-corrected chi connectivity index (χ1v) is 5.20. The van der Waals surface area contributed by atoms with Crippen LogP contribution in [0.5, 0.6) is 0 Å². The summed E-state index contributed by atoms with van der Waals surface area (Å²) < 4.78 is 5.69. The van der Waals surface area contributed by atoms with Crippen LogP contribution in [0.2, 0.25) is 0 Å². The molecule has 0 aromatic heterocycles. The van der Waals surface area contributed by atoms with Gasteiger partial charge in [-0.3, -0.25) is 0 Å². The van der Waals surface area contributed by atoms with Crippen LogP contribution in [0.3, 0.4) is 0 Å². The van der Waals surface area contributed by atoms with Gasteiger partial charge in [0, 0.05) is 6.61 Å². The van der Waals surface area contributed by atoms with E-state index in [2.05, 4.69) is 6.92 Å². The second-order valence-corrected chi connectivity index (χ2v) is 3.62. The summed E-state index contributed by atoms with van der Waals surface area (Å²) in [4.78, 5) is 0. The Morgan fingerprint density at radius 1 is 1.42 bits per heavy atom. The molecule has 1 atom stereocenters. The Bertz CT molecular complexity index is 104. The molecule has 0 bridgehead atoms. The van der Waals surface area contributed by atoms with Gasteiger partial charge in [0.15, 0.2) is 0 Å². The van der Waals surface area contributed by atoms with Gasteiger partial charge in [0.05, 0.1) is 6.10 Å². The standard InChI is InChI=1S/C10H21NO/c1-2-12-10(7-8-11)9-5-3-4-6-9/h9-10H,2-8,11H2,1H3. The summed E-state index contributed by atoms with van der Waals surface area (Å²) in [5.41, 5.74) is 5.55. The minimum Gasteiger partial charge on any atom is -0.378 e. The fourth-order valence-electron chi connectivity index (χ4n) is 2.16. The number of hydrogen-bond acceptors (Lipinski definition) is 2. The van der Waals surface area contributed by atoms with Crippen LogP contribution in [0.4, 0.5) is 0 Å². The van der Waals surface area contributed by atoms with E-state index in [4.69, 9.17) is 10.5 Å². The van der Waals surface area contributed by atoms with Crippen molar-refractivity contribution in [2.24, 2.45) is 11.7 Å². The summed E-state index contributed by atoms with van der Waals surface area (Å²) >= 11 is 0. The summed E-state index contributed by atoms with van der Waals surface area (Å²) in [6.45, 7) is 3.67. The Morgan fingerprint density at radius 3 is 2.58 bits per heavy atom. The van der Waals surface area contributed by atoms with Crippen molar-refractivity contribution in [1.29, 1.82) is 0 Å². The van der Waals surface area contributed by atoms with Gasteiger partial charge in [-0.1, -0.05) is 12.8 Å². The molecule has 0 amide bonds. The van der Waals surface area contributed by atoms with Crippen LogP contribution < -0.4 is 5.73 Å². The number of hydrogen-bond donors (Lipinski definition) is 1. The van der Waals surface area contributed by atoms with Gasteiger partial charge >= 0.3 is 0 Å². The Kier molecular flexibility index (Phi) is 4.62. The van der Waals surface area contributed by atoms with Gasteiger partial charge in [-0.25, -0.2) is 0 Å². The zero-order chi connectivity index (χ0) is 8.81. The maximum Gasteiger partial charge on any atom is 0.0615 e. The average molecular weight is 171 g/mol. The minimum absolute atomic E-state index is 0.447. The zero-order valence-electron chi connectivity index (χ0n) is 8.09. The van der Waals surface area contributed by atoms with Crippen LogP contribution >= 0.6 is 0 Å². The summed E-state index contributed by atoms with van der Waals surface area (Å²) in [6, 6.07) is 0. The lowest BCUT2D eigenvalue weighted by molar-refractivity contribution is 0.0177. The van der Waals surface area contributed by atoms with E-state index in [0.717, 1.165) is 25.5 Å². The van der Waals surface area contributed by atoms with Crippen LogP contribution in [0.15, 0.2) is 0 Å². The quantitative estimate of drug-likeness (QED) is 0.686. The molecule has 1 rings (SSSR count). The highest BCUT2D eigenvalue weighted by molar-refractivity contribution is 4.76. The van der Waals surface area contributed by atoms with E-state index in [1.807, 2.05) is 0 Å². The predicted octanol–water partition coefficient (Wildman–Crippen LogP) is 1.93.